The summed E-state index contributed by atoms with van der Waals surface area (Å²) in [4.78, 5) is 39.7. The Morgan fingerprint density at radius 2 is 1.45 bits per heavy atom. The van der Waals surface area contributed by atoms with E-state index in [0.717, 1.165) is 32.0 Å². The Morgan fingerprint density at radius 3 is 2.18 bits per heavy atom. The largest absolute Gasteiger partial charge is 0.454 e. The predicted molar refractivity (Wildman–Crippen MR) is 123 cm³/mol. The second-order valence-corrected chi connectivity index (χ2v) is 7.73. The lowest BCUT2D eigenvalue weighted by molar-refractivity contribution is -0.122. The summed E-state index contributed by atoms with van der Waals surface area (Å²) in [7, 11) is 0. The minimum absolute atomic E-state index is 0.0662. The maximum absolute atomic E-state index is 13.4. The standard InChI is InChI=1S/C26H16N2O5/c29-24-21(13-20-18-7-3-1-5-15(18)11-16-6-2-4-8-19(16)20)25(30)28(26(31)27-24)17-9-10-22-23(12-17)33-14-32-22/h1-13H,14H2,(H,27,29,31)/b21-13+. The van der Waals surface area contributed by atoms with Gasteiger partial charge >= 0.3 is 6.03 Å². The number of hydrogen-bond donors (Lipinski definition) is 1. The Hall–Kier alpha value is -4.65. The number of benzene rings is 4. The molecule has 1 N–H and O–H groups in total. The molecule has 0 radical (unpaired) electrons. The molecule has 0 aromatic heterocycles. The summed E-state index contributed by atoms with van der Waals surface area (Å²) >= 11 is 0. The van der Waals surface area contributed by atoms with Gasteiger partial charge in [-0.2, -0.15) is 0 Å². The zero-order valence-corrected chi connectivity index (χ0v) is 17.2. The minimum Gasteiger partial charge on any atom is -0.454 e. The molecule has 0 unspecified atom stereocenters. The van der Waals surface area contributed by atoms with E-state index in [-0.39, 0.29) is 18.1 Å². The van der Waals surface area contributed by atoms with Gasteiger partial charge in [0.15, 0.2) is 11.5 Å². The number of carbonyl (C=O) groups excluding carboxylic acids is 3. The van der Waals surface area contributed by atoms with Crippen molar-refractivity contribution in [3.8, 4) is 11.5 Å². The topological polar surface area (TPSA) is 84.9 Å². The number of anilines is 1. The Bertz CT molecular complexity index is 1480. The third-order valence-electron chi connectivity index (χ3n) is 5.82. The smallest absolute Gasteiger partial charge is 0.335 e. The Balaban J connectivity index is 1.52. The third kappa shape index (κ3) is 3.02. The number of ether oxygens (including phenoxy) is 2. The van der Waals surface area contributed by atoms with Crippen LogP contribution in [0.2, 0.25) is 0 Å². The molecular weight excluding hydrogens is 420 g/mol. The van der Waals surface area contributed by atoms with E-state index in [1.165, 1.54) is 0 Å². The predicted octanol–water partition coefficient (Wildman–Crippen LogP) is 4.39. The molecule has 0 saturated carbocycles. The number of barbiturate groups is 1. The summed E-state index contributed by atoms with van der Waals surface area (Å²) in [5.41, 5.74) is 0.888. The quantitative estimate of drug-likeness (QED) is 0.286. The second-order valence-electron chi connectivity index (χ2n) is 7.73. The maximum atomic E-state index is 13.4. The molecule has 7 heteroatoms. The summed E-state index contributed by atoms with van der Waals surface area (Å²) in [5, 5.41) is 6.04. The SMILES string of the molecule is O=C1NC(=O)N(c2ccc3c(c2)OCO3)C(=O)/C1=C/c1c2ccccc2cc2ccccc12. The van der Waals surface area contributed by atoms with E-state index in [9.17, 15) is 14.4 Å². The molecule has 2 aliphatic rings. The van der Waals surface area contributed by atoms with Crippen LogP contribution in [-0.2, 0) is 9.59 Å². The van der Waals surface area contributed by atoms with Gasteiger partial charge in [-0.1, -0.05) is 48.5 Å². The molecule has 4 amide bonds. The van der Waals surface area contributed by atoms with Crippen molar-refractivity contribution in [3.63, 3.8) is 0 Å². The first-order valence-electron chi connectivity index (χ1n) is 10.3. The zero-order valence-electron chi connectivity index (χ0n) is 17.2. The number of urea groups is 1. The van der Waals surface area contributed by atoms with E-state index >= 15 is 0 Å². The second kappa shape index (κ2) is 7.20. The van der Waals surface area contributed by atoms with Crippen LogP contribution in [0.5, 0.6) is 11.5 Å². The first kappa shape index (κ1) is 19.1. The third-order valence-corrected chi connectivity index (χ3v) is 5.82. The highest BCUT2D eigenvalue weighted by Crippen LogP contribution is 2.37. The summed E-state index contributed by atoms with van der Waals surface area (Å²) in [5.74, 6) is -0.494. The van der Waals surface area contributed by atoms with Crippen molar-refractivity contribution in [2.24, 2.45) is 0 Å². The van der Waals surface area contributed by atoms with E-state index in [1.54, 1.807) is 24.3 Å². The van der Waals surface area contributed by atoms with Crippen LogP contribution in [0.1, 0.15) is 5.56 Å². The van der Waals surface area contributed by atoms with Crippen LogP contribution in [0.4, 0.5) is 10.5 Å². The van der Waals surface area contributed by atoms with Gasteiger partial charge in [0.25, 0.3) is 11.8 Å². The Morgan fingerprint density at radius 1 is 0.788 bits per heavy atom. The lowest BCUT2D eigenvalue weighted by Gasteiger charge is -2.26. The minimum atomic E-state index is -0.816. The van der Waals surface area contributed by atoms with Gasteiger partial charge < -0.3 is 9.47 Å². The van der Waals surface area contributed by atoms with Crippen LogP contribution in [0.25, 0.3) is 27.6 Å². The van der Waals surface area contributed by atoms with Gasteiger partial charge in [-0.3, -0.25) is 14.9 Å². The van der Waals surface area contributed by atoms with Gasteiger partial charge in [0.1, 0.15) is 5.57 Å². The molecule has 0 spiro atoms. The van der Waals surface area contributed by atoms with Crippen molar-refractivity contribution < 1.29 is 23.9 Å². The number of amides is 4. The van der Waals surface area contributed by atoms with Crippen molar-refractivity contribution in [3.05, 3.63) is 83.9 Å². The van der Waals surface area contributed by atoms with E-state index in [2.05, 4.69) is 11.4 Å². The van der Waals surface area contributed by atoms with Gasteiger partial charge in [0.2, 0.25) is 6.79 Å². The summed E-state index contributed by atoms with van der Waals surface area (Å²) in [6.45, 7) is 0.0662. The number of carbonyl (C=O) groups is 3. The molecule has 4 aromatic carbocycles. The monoisotopic (exact) mass is 436 g/mol. The first-order chi connectivity index (χ1) is 16.1. The van der Waals surface area contributed by atoms with E-state index in [4.69, 9.17) is 9.47 Å². The molecule has 2 aliphatic heterocycles. The van der Waals surface area contributed by atoms with E-state index in [0.29, 0.717) is 11.5 Å². The number of rotatable bonds is 2. The highest BCUT2D eigenvalue weighted by atomic mass is 16.7. The number of imide groups is 2. The van der Waals surface area contributed by atoms with Crippen LogP contribution < -0.4 is 19.7 Å². The van der Waals surface area contributed by atoms with Gasteiger partial charge in [-0.15, -0.1) is 0 Å². The summed E-state index contributed by atoms with van der Waals surface area (Å²) in [6.07, 6.45) is 1.56. The van der Waals surface area contributed by atoms with Crippen molar-refractivity contribution >= 4 is 51.2 Å². The van der Waals surface area contributed by atoms with Gasteiger partial charge in [0, 0.05) is 6.07 Å². The molecular formula is C26H16N2O5. The molecule has 33 heavy (non-hydrogen) atoms. The molecule has 4 aromatic rings. The average Bonchev–Trinajstić information content (AvgIpc) is 3.29. The van der Waals surface area contributed by atoms with Crippen LogP contribution in [0.15, 0.2) is 78.4 Å². The number of hydrogen-bond acceptors (Lipinski definition) is 5. The number of fused-ring (bicyclic) bond motifs is 3. The fraction of sp³-hybridized carbons (Fsp3) is 0.0385. The normalized spacial score (nSPS) is 16.7. The van der Waals surface area contributed by atoms with E-state index in [1.807, 2.05) is 48.5 Å². The van der Waals surface area contributed by atoms with Crippen LogP contribution in [0, 0.1) is 0 Å². The molecule has 2 heterocycles. The highest BCUT2D eigenvalue weighted by Gasteiger charge is 2.37. The molecule has 0 aliphatic carbocycles. The van der Waals surface area contributed by atoms with Crippen molar-refractivity contribution in [2.45, 2.75) is 0 Å². The number of nitrogens with one attached hydrogen (secondary N) is 1. The Labute approximate surface area is 187 Å². The van der Waals surface area contributed by atoms with Crippen LogP contribution in [-0.4, -0.2) is 24.6 Å². The fourth-order valence-corrected chi connectivity index (χ4v) is 4.27. The molecule has 7 nitrogen and oxygen atoms in total. The molecule has 1 saturated heterocycles. The first-order valence-corrected chi connectivity index (χ1v) is 10.3. The van der Waals surface area contributed by atoms with Crippen molar-refractivity contribution in [1.82, 2.24) is 5.32 Å². The average molecular weight is 436 g/mol. The molecule has 1 fully saturated rings. The fourth-order valence-electron chi connectivity index (χ4n) is 4.27. The van der Waals surface area contributed by atoms with Gasteiger partial charge in [-0.25, -0.2) is 9.69 Å². The van der Waals surface area contributed by atoms with Gasteiger partial charge in [0.05, 0.1) is 5.69 Å². The van der Waals surface area contributed by atoms with Gasteiger partial charge in [-0.05, 0) is 51.4 Å². The number of nitrogens with zero attached hydrogens (tertiary/aromatic N) is 1. The Kier molecular flexibility index (Phi) is 4.16. The van der Waals surface area contributed by atoms with Crippen molar-refractivity contribution in [2.75, 3.05) is 11.7 Å². The molecule has 0 atom stereocenters. The van der Waals surface area contributed by atoms with Crippen LogP contribution >= 0.6 is 0 Å². The van der Waals surface area contributed by atoms with Crippen LogP contribution in [0.3, 0.4) is 0 Å². The molecule has 6 rings (SSSR count). The summed E-state index contributed by atoms with van der Waals surface area (Å²) in [6, 6.07) is 21.5. The maximum Gasteiger partial charge on any atom is 0.335 e. The zero-order chi connectivity index (χ0) is 22.5. The highest BCUT2D eigenvalue weighted by molar-refractivity contribution is 6.39. The molecule has 0 bridgehead atoms. The van der Waals surface area contributed by atoms with E-state index < -0.39 is 17.8 Å². The summed E-state index contributed by atoms with van der Waals surface area (Å²) < 4.78 is 10.7. The lowest BCUT2D eigenvalue weighted by atomic mass is 9.94. The lowest BCUT2D eigenvalue weighted by Crippen LogP contribution is -2.54. The van der Waals surface area contributed by atoms with Crippen molar-refractivity contribution in [1.29, 1.82) is 0 Å². The molecule has 160 valence electrons.